The van der Waals surface area contributed by atoms with E-state index in [1.807, 2.05) is 20.8 Å². The fourth-order valence-corrected chi connectivity index (χ4v) is 2.59. The second-order valence-corrected chi connectivity index (χ2v) is 8.06. The zero-order valence-corrected chi connectivity index (χ0v) is 16.3. The first-order valence-corrected chi connectivity index (χ1v) is 9.36. The van der Waals surface area contributed by atoms with Crippen LogP contribution in [0.1, 0.15) is 64.7 Å². The van der Waals surface area contributed by atoms with Crippen molar-refractivity contribution < 1.29 is 14.4 Å². The summed E-state index contributed by atoms with van der Waals surface area (Å²) in [5.41, 5.74) is 1.79. The number of amides is 3. The van der Waals surface area contributed by atoms with E-state index in [0.717, 1.165) is 12.8 Å². The molecule has 0 aliphatic heterocycles. The summed E-state index contributed by atoms with van der Waals surface area (Å²) in [7, 11) is 0. The topological polar surface area (TPSA) is 87.3 Å². The van der Waals surface area contributed by atoms with Gasteiger partial charge in [-0.2, -0.15) is 0 Å². The molecule has 3 rings (SSSR count). The van der Waals surface area contributed by atoms with Crippen molar-refractivity contribution in [3.8, 4) is 0 Å². The molecule has 0 bridgehead atoms. The van der Waals surface area contributed by atoms with E-state index in [9.17, 15) is 14.4 Å². The number of benzene rings is 2. The molecule has 2 aromatic carbocycles. The third kappa shape index (κ3) is 5.42. The van der Waals surface area contributed by atoms with Gasteiger partial charge in [0, 0.05) is 34.0 Å². The molecule has 6 nitrogen and oxygen atoms in total. The summed E-state index contributed by atoms with van der Waals surface area (Å²) in [4.78, 5) is 36.5. The van der Waals surface area contributed by atoms with Crippen LogP contribution in [0, 0.1) is 0 Å². The van der Waals surface area contributed by atoms with E-state index in [4.69, 9.17) is 0 Å². The number of hydrogen-bond donors (Lipinski definition) is 3. The monoisotopic (exact) mass is 379 g/mol. The van der Waals surface area contributed by atoms with Gasteiger partial charge in [-0.15, -0.1) is 0 Å². The molecular formula is C22H25N3O3. The number of hydrogen-bond acceptors (Lipinski definition) is 3. The van der Waals surface area contributed by atoms with Gasteiger partial charge in [-0.25, -0.2) is 0 Å². The van der Waals surface area contributed by atoms with Crippen molar-refractivity contribution in [1.29, 1.82) is 0 Å². The number of anilines is 1. The van der Waals surface area contributed by atoms with Crippen LogP contribution in [-0.4, -0.2) is 29.3 Å². The normalized spacial score (nSPS) is 13.5. The Morgan fingerprint density at radius 2 is 1.21 bits per heavy atom. The largest absolute Gasteiger partial charge is 0.349 e. The molecular weight excluding hydrogens is 354 g/mol. The molecule has 146 valence electrons. The zero-order valence-electron chi connectivity index (χ0n) is 16.3. The van der Waals surface area contributed by atoms with Gasteiger partial charge < -0.3 is 16.0 Å². The highest BCUT2D eigenvalue weighted by atomic mass is 16.2. The zero-order chi connectivity index (χ0) is 20.3. The number of carbonyl (C=O) groups is 3. The third-order valence-corrected chi connectivity index (χ3v) is 4.22. The lowest BCUT2D eigenvalue weighted by Gasteiger charge is -2.20. The lowest BCUT2D eigenvalue weighted by molar-refractivity contribution is 0.0916. The molecule has 0 heterocycles. The van der Waals surface area contributed by atoms with Crippen molar-refractivity contribution in [2.45, 2.75) is 45.2 Å². The average Bonchev–Trinajstić information content (AvgIpc) is 3.45. The Hall–Kier alpha value is -3.15. The number of nitrogens with one attached hydrogen (secondary N) is 3. The molecule has 0 atom stereocenters. The van der Waals surface area contributed by atoms with Crippen LogP contribution in [0.3, 0.4) is 0 Å². The fraction of sp³-hybridized carbons (Fsp3) is 0.318. The van der Waals surface area contributed by atoms with E-state index in [2.05, 4.69) is 16.0 Å². The summed E-state index contributed by atoms with van der Waals surface area (Å²) in [6, 6.07) is 13.6. The van der Waals surface area contributed by atoms with Crippen LogP contribution >= 0.6 is 0 Å². The summed E-state index contributed by atoms with van der Waals surface area (Å²) in [6.07, 6.45) is 2.08. The van der Waals surface area contributed by atoms with Crippen molar-refractivity contribution in [1.82, 2.24) is 10.6 Å². The van der Waals surface area contributed by atoms with Crippen molar-refractivity contribution in [3.05, 3.63) is 65.2 Å². The molecule has 3 amide bonds. The van der Waals surface area contributed by atoms with E-state index < -0.39 is 0 Å². The van der Waals surface area contributed by atoms with Gasteiger partial charge in [0.1, 0.15) is 0 Å². The van der Waals surface area contributed by atoms with Gasteiger partial charge in [0.05, 0.1) is 0 Å². The maximum atomic E-state index is 12.4. The molecule has 1 saturated carbocycles. The summed E-state index contributed by atoms with van der Waals surface area (Å²) in [6.45, 7) is 5.73. The summed E-state index contributed by atoms with van der Waals surface area (Å²) < 4.78 is 0. The highest BCUT2D eigenvalue weighted by Crippen LogP contribution is 2.20. The molecule has 0 unspecified atom stereocenters. The first kappa shape index (κ1) is 19.6. The standard InChI is InChI=1S/C22H25N3O3/c1-22(2,3)25-21(28)16-6-4-14(5-7-16)19(26)23-17-10-8-15(9-11-17)20(27)24-18-12-13-18/h4-11,18H,12-13H2,1-3H3,(H,23,26)(H,24,27)(H,25,28). The molecule has 28 heavy (non-hydrogen) atoms. The minimum absolute atomic E-state index is 0.0931. The van der Waals surface area contributed by atoms with E-state index in [1.54, 1.807) is 48.5 Å². The first-order valence-electron chi connectivity index (χ1n) is 9.36. The fourth-order valence-electron chi connectivity index (χ4n) is 2.59. The lowest BCUT2D eigenvalue weighted by Crippen LogP contribution is -2.40. The van der Waals surface area contributed by atoms with E-state index in [0.29, 0.717) is 28.4 Å². The van der Waals surface area contributed by atoms with E-state index >= 15 is 0 Å². The predicted molar refractivity (Wildman–Crippen MR) is 109 cm³/mol. The highest BCUT2D eigenvalue weighted by Gasteiger charge is 2.23. The van der Waals surface area contributed by atoms with Gasteiger partial charge in [-0.05, 0) is 82.1 Å². The van der Waals surface area contributed by atoms with Gasteiger partial charge in [0.2, 0.25) is 0 Å². The molecule has 0 saturated heterocycles. The minimum atomic E-state index is -0.325. The van der Waals surface area contributed by atoms with Gasteiger partial charge in [0.15, 0.2) is 0 Å². The van der Waals surface area contributed by atoms with Crippen molar-refractivity contribution in [2.75, 3.05) is 5.32 Å². The number of rotatable bonds is 5. The van der Waals surface area contributed by atoms with Crippen molar-refractivity contribution >= 4 is 23.4 Å². The van der Waals surface area contributed by atoms with Crippen LogP contribution in [-0.2, 0) is 0 Å². The Labute approximate surface area is 164 Å². The van der Waals surface area contributed by atoms with Gasteiger partial charge in [0.25, 0.3) is 17.7 Å². The lowest BCUT2D eigenvalue weighted by atomic mass is 10.1. The molecule has 0 spiro atoms. The minimum Gasteiger partial charge on any atom is -0.349 e. The Morgan fingerprint density at radius 1 is 0.750 bits per heavy atom. The van der Waals surface area contributed by atoms with Crippen LogP contribution in [0.2, 0.25) is 0 Å². The van der Waals surface area contributed by atoms with E-state index in [1.165, 1.54) is 0 Å². The first-order chi connectivity index (χ1) is 13.2. The highest BCUT2D eigenvalue weighted by molar-refractivity contribution is 6.05. The van der Waals surface area contributed by atoms with E-state index in [-0.39, 0.29) is 23.3 Å². The average molecular weight is 379 g/mol. The maximum Gasteiger partial charge on any atom is 0.255 e. The molecule has 0 aromatic heterocycles. The third-order valence-electron chi connectivity index (χ3n) is 4.22. The molecule has 0 radical (unpaired) electrons. The molecule has 3 N–H and O–H groups in total. The van der Waals surface area contributed by atoms with Crippen LogP contribution < -0.4 is 16.0 Å². The van der Waals surface area contributed by atoms with Crippen molar-refractivity contribution in [3.63, 3.8) is 0 Å². The van der Waals surface area contributed by atoms with Crippen LogP contribution in [0.25, 0.3) is 0 Å². The SMILES string of the molecule is CC(C)(C)NC(=O)c1ccc(C(=O)Nc2ccc(C(=O)NC3CC3)cc2)cc1. The van der Waals surface area contributed by atoms with Crippen molar-refractivity contribution in [2.24, 2.45) is 0 Å². The quantitative estimate of drug-likeness (QED) is 0.744. The van der Waals surface area contributed by atoms with Crippen LogP contribution in [0.15, 0.2) is 48.5 Å². The molecule has 2 aromatic rings. The Balaban J connectivity index is 1.59. The second kappa shape index (κ2) is 7.84. The molecule has 6 heteroatoms. The molecule has 1 fully saturated rings. The molecule has 1 aliphatic rings. The van der Waals surface area contributed by atoms with Crippen LogP contribution in [0.5, 0.6) is 0 Å². The summed E-state index contributed by atoms with van der Waals surface area (Å²) in [5.74, 6) is -0.554. The summed E-state index contributed by atoms with van der Waals surface area (Å²) >= 11 is 0. The smallest absolute Gasteiger partial charge is 0.255 e. The van der Waals surface area contributed by atoms with Gasteiger partial charge >= 0.3 is 0 Å². The Kier molecular flexibility index (Phi) is 5.49. The maximum absolute atomic E-state index is 12.4. The Bertz CT molecular complexity index is 877. The van der Waals surface area contributed by atoms with Crippen LogP contribution in [0.4, 0.5) is 5.69 Å². The van der Waals surface area contributed by atoms with Gasteiger partial charge in [-0.1, -0.05) is 0 Å². The predicted octanol–water partition coefficient (Wildman–Crippen LogP) is 3.36. The second-order valence-electron chi connectivity index (χ2n) is 8.06. The molecule has 1 aliphatic carbocycles. The summed E-state index contributed by atoms with van der Waals surface area (Å²) in [5, 5.41) is 8.60. The Morgan fingerprint density at radius 3 is 1.71 bits per heavy atom. The van der Waals surface area contributed by atoms with Gasteiger partial charge in [-0.3, -0.25) is 14.4 Å². The number of carbonyl (C=O) groups excluding carboxylic acids is 3.